The van der Waals surface area contributed by atoms with E-state index in [9.17, 15) is 9.59 Å². The van der Waals surface area contributed by atoms with Crippen LogP contribution in [-0.4, -0.2) is 30.1 Å². The average Bonchev–Trinajstić information content (AvgIpc) is 2.60. The minimum absolute atomic E-state index is 0.0789. The van der Waals surface area contributed by atoms with Gasteiger partial charge in [0.1, 0.15) is 10.9 Å². The first-order valence-corrected chi connectivity index (χ1v) is 6.20. The Labute approximate surface area is 103 Å². The second-order valence-corrected chi connectivity index (χ2v) is 5.30. The molecule has 6 heteroatoms. The first-order chi connectivity index (χ1) is 7.93. The van der Waals surface area contributed by atoms with Crippen LogP contribution in [0.5, 0.6) is 0 Å². The number of amides is 1. The van der Waals surface area contributed by atoms with Crippen LogP contribution in [0.15, 0.2) is 5.38 Å². The SMILES string of the molecule is CC(C)C1C(=O)Nc2csc(C(=O)O)c2N1C. The van der Waals surface area contributed by atoms with Gasteiger partial charge < -0.3 is 15.3 Å². The van der Waals surface area contributed by atoms with Crippen LogP contribution in [0.25, 0.3) is 0 Å². The molecule has 5 nitrogen and oxygen atoms in total. The number of hydrogen-bond donors (Lipinski definition) is 2. The van der Waals surface area contributed by atoms with Crippen LogP contribution in [0, 0.1) is 5.92 Å². The van der Waals surface area contributed by atoms with Gasteiger partial charge in [-0.3, -0.25) is 4.79 Å². The summed E-state index contributed by atoms with van der Waals surface area (Å²) in [5.41, 5.74) is 1.21. The Morgan fingerprint density at radius 3 is 2.76 bits per heavy atom. The van der Waals surface area contributed by atoms with E-state index in [1.54, 1.807) is 17.3 Å². The van der Waals surface area contributed by atoms with E-state index in [0.29, 0.717) is 11.4 Å². The Bertz CT molecular complexity index is 481. The van der Waals surface area contributed by atoms with Gasteiger partial charge in [0.25, 0.3) is 0 Å². The summed E-state index contributed by atoms with van der Waals surface area (Å²) in [6.07, 6.45) is 0. The van der Waals surface area contributed by atoms with Gasteiger partial charge >= 0.3 is 5.97 Å². The summed E-state index contributed by atoms with van der Waals surface area (Å²) in [4.78, 5) is 25.0. The molecule has 2 heterocycles. The number of nitrogens with one attached hydrogen (secondary N) is 1. The Balaban J connectivity index is 2.50. The molecule has 1 aromatic rings. The van der Waals surface area contributed by atoms with Crippen molar-refractivity contribution in [3.05, 3.63) is 10.3 Å². The average molecular weight is 254 g/mol. The molecule has 1 amide bonds. The summed E-state index contributed by atoms with van der Waals surface area (Å²) in [5.74, 6) is -0.916. The second kappa shape index (κ2) is 4.03. The number of nitrogens with zero attached hydrogens (tertiary/aromatic N) is 1. The highest BCUT2D eigenvalue weighted by Crippen LogP contribution is 2.40. The van der Waals surface area contributed by atoms with E-state index in [-0.39, 0.29) is 22.7 Å². The van der Waals surface area contributed by atoms with Crippen molar-refractivity contribution in [3.63, 3.8) is 0 Å². The summed E-state index contributed by atoms with van der Waals surface area (Å²) < 4.78 is 0. The summed E-state index contributed by atoms with van der Waals surface area (Å²) in [5, 5.41) is 13.5. The van der Waals surface area contributed by atoms with E-state index in [2.05, 4.69) is 5.32 Å². The van der Waals surface area contributed by atoms with Gasteiger partial charge in [0, 0.05) is 12.4 Å². The summed E-state index contributed by atoms with van der Waals surface area (Å²) >= 11 is 1.14. The van der Waals surface area contributed by atoms with Gasteiger partial charge in [0.2, 0.25) is 5.91 Å². The molecule has 1 unspecified atom stereocenters. The molecule has 0 radical (unpaired) electrons. The number of hydrogen-bond acceptors (Lipinski definition) is 4. The van der Waals surface area contributed by atoms with Crippen molar-refractivity contribution < 1.29 is 14.7 Å². The highest BCUT2D eigenvalue weighted by molar-refractivity contribution is 7.13. The van der Waals surface area contributed by atoms with E-state index in [4.69, 9.17) is 5.11 Å². The lowest BCUT2D eigenvalue weighted by Crippen LogP contribution is -2.49. The third-order valence-corrected chi connectivity index (χ3v) is 3.84. The lowest BCUT2D eigenvalue weighted by Gasteiger charge is -2.36. The van der Waals surface area contributed by atoms with Gasteiger partial charge in [0.05, 0.1) is 11.4 Å². The predicted molar refractivity (Wildman–Crippen MR) is 66.9 cm³/mol. The maximum Gasteiger partial charge on any atom is 0.348 e. The zero-order valence-corrected chi connectivity index (χ0v) is 10.7. The number of thiophene rings is 1. The van der Waals surface area contributed by atoms with Crippen LogP contribution in [0.4, 0.5) is 11.4 Å². The molecule has 0 spiro atoms. The lowest BCUT2D eigenvalue weighted by atomic mass is 9.99. The number of carbonyl (C=O) groups excluding carboxylic acids is 1. The molecule has 0 aliphatic carbocycles. The number of carboxylic acids is 1. The van der Waals surface area contributed by atoms with E-state index >= 15 is 0 Å². The molecule has 2 rings (SSSR count). The minimum atomic E-state index is -0.957. The van der Waals surface area contributed by atoms with Gasteiger partial charge in [-0.05, 0) is 5.92 Å². The zero-order chi connectivity index (χ0) is 12.7. The normalized spacial score (nSPS) is 19.2. The van der Waals surface area contributed by atoms with Gasteiger partial charge in [0.15, 0.2) is 0 Å². The molecule has 0 saturated heterocycles. The minimum Gasteiger partial charge on any atom is -0.477 e. The lowest BCUT2D eigenvalue weighted by molar-refractivity contribution is -0.118. The van der Waals surface area contributed by atoms with Crippen LogP contribution < -0.4 is 10.2 Å². The van der Waals surface area contributed by atoms with Gasteiger partial charge in [-0.15, -0.1) is 11.3 Å². The van der Waals surface area contributed by atoms with Crippen molar-refractivity contribution >= 4 is 34.6 Å². The maximum absolute atomic E-state index is 11.9. The fourth-order valence-corrected chi connectivity index (χ4v) is 3.09. The van der Waals surface area contributed by atoms with E-state index in [1.807, 2.05) is 13.8 Å². The zero-order valence-electron chi connectivity index (χ0n) is 9.85. The molecule has 1 atom stereocenters. The van der Waals surface area contributed by atoms with Gasteiger partial charge in [-0.25, -0.2) is 4.79 Å². The molecule has 0 aromatic carbocycles. The molecule has 0 saturated carbocycles. The second-order valence-electron chi connectivity index (χ2n) is 4.42. The maximum atomic E-state index is 11.9. The monoisotopic (exact) mass is 254 g/mol. The Kier molecular flexibility index (Phi) is 2.82. The molecule has 0 fully saturated rings. The Morgan fingerprint density at radius 2 is 2.24 bits per heavy atom. The van der Waals surface area contributed by atoms with Crippen LogP contribution in [0.2, 0.25) is 0 Å². The molecule has 17 heavy (non-hydrogen) atoms. The van der Waals surface area contributed by atoms with E-state index < -0.39 is 5.97 Å². The van der Waals surface area contributed by atoms with Crippen molar-refractivity contribution in [2.45, 2.75) is 19.9 Å². The number of fused-ring (bicyclic) bond motifs is 1. The van der Waals surface area contributed by atoms with Crippen molar-refractivity contribution in [2.24, 2.45) is 5.92 Å². The number of carbonyl (C=O) groups is 2. The molecule has 92 valence electrons. The molecule has 0 bridgehead atoms. The number of aromatic carboxylic acids is 1. The third-order valence-electron chi connectivity index (χ3n) is 2.89. The fraction of sp³-hybridized carbons (Fsp3) is 0.455. The first kappa shape index (κ1) is 11.9. The van der Waals surface area contributed by atoms with Gasteiger partial charge in [-0.1, -0.05) is 13.8 Å². The largest absolute Gasteiger partial charge is 0.477 e. The molecule has 1 aliphatic rings. The Morgan fingerprint density at radius 1 is 1.59 bits per heavy atom. The molecular formula is C11H14N2O3S. The van der Waals surface area contributed by atoms with Crippen molar-refractivity contribution in [3.8, 4) is 0 Å². The van der Waals surface area contributed by atoms with Crippen molar-refractivity contribution in [1.29, 1.82) is 0 Å². The predicted octanol–water partition coefficient (Wildman–Crippen LogP) is 1.86. The van der Waals surface area contributed by atoms with E-state index in [0.717, 1.165) is 11.3 Å². The fourth-order valence-electron chi connectivity index (χ4n) is 2.21. The van der Waals surface area contributed by atoms with Crippen LogP contribution in [-0.2, 0) is 4.79 Å². The highest BCUT2D eigenvalue weighted by atomic mass is 32.1. The van der Waals surface area contributed by atoms with Crippen molar-refractivity contribution in [2.75, 3.05) is 17.3 Å². The highest BCUT2D eigenvalue weighted by Gasteiger charge is 2.36. The summed E-state index contributed by atoms with van der Waals surface area (Å²) in [6.45, 7) is 3.89. The van der Waals surface area contributed by atoms with Crippen molar-refractivity contribution in [1.82, 2.24) is 0 Å². The van der Waals surface area contributed by atoms with Crippen LogP contribution >= 0.6 is 11.3 Å². The standard InChI is InChI=1S/C11H14N2O3S/c1-5(2)7-10(14)12-6-4-17-9(11(15)16)8(6)13(7)3/h4-5,7H,1-3H3,(H,12,14)(H,15,16). The van der Waals surface area contributed by atoms with Crippen LogP contribution in [0.3, 0.4) is 0 Å². The van der Waals surface area contributed by atoms with Gasteiger partial charge in [-0.2, -0.15) is 0 Å². The topological polar surface area (TPSA) is 69.6 Å². The number of anilines is 2. The van der Waals surface area contributed by atoms with Crippen LogP contribution in [0.1, 0.15) is 23.5 Å². The smallest absolute Gasteiger partial charge is 0.348 e. The van der Waals surface area contributed by atoms with E-state index in [1.165, 1.54) is 0 Å². The number of rotatable bonds is 2. The molecule has 1 aliphatic heterocycles. The summed E-state index contributed by atoms with van der Waals surface area (Å²) in [6, 6.07) is -0.324. The molecule has 2 N–H and O–H groups in total. The molecular weight excluding hydrogens is 240 g/mol. The third kappa shape index (κ3) is 1.78. The molecule has 1 aromatic heterocycles. The Hall–Kier alpha value is -1.56. The number of likely N-dealkylation sites (N-methyl/N-ethyl adjacent to an activating group) is 1. The summed E-state index contributed by atoms with van der Waals surface area (Å²) in [7, 11) is 1.77. The first-order valence-electron chi connectivity index (χ1n) is 5.32. The number of carboxylic acid groups (broad SMARTS) is 1. The quantitative estimate of drug-likeness (QED) is 0.845.